The third kappa shape index (κ3) is 3.18. The summed E-state index contributed by atoms with van der Waals surface area (Å²) >= 11 is 1.63. The van der Waals surface area contributed by atoms with E-state index in [-0.39, 0.29) is 11.9 Å². The van der Waals surface area contributed by atoms with Crippen LogP contribution >= 0.6 is 11.3 Å². The van der Waals surface area contributed by atoms with Crippen LogP contribution in [0, 0.1) is 6.92 Å². The van der Waals surface area contributed by atoms with Crippen LogP contribution in [0.5, 0.6) is 0 Å². The molecule has 6 heteroatoms. The lowest BCUT2D eigenvalue weighted by atomic mass is 10.2. The molecule has 1 aromatic heterocycles. The summed E-state index contributed by atoms with van der Waals surface area (Å²) in [5.74, 6) is 0.247. The summed E-state index contributed by atoms with van der Waals surface area (Å²) < 4.78 is 0. The van der Waals surface area contributed by atoms with Gasteiger partial charge in [0.15, 0.2) is 5.84 Å². The molecule has 3 N–H and O–H groups in total. The molecule has 1 atom stereocenters. The Hall–Kier alpha value is -1.14. The van der Waals surface area contributed by atoms with Crippen molar-refractivity contribution in [3.8, 4) is 0 Å². The van der Waals surface area contributed by atoms with Crippen LogP contribution in [0.2, 0.25) is 0 Å². The van der Waals surface area contributed by atoms with Crippen LogP contribution in [0.15, 0.2) is 10.5 Å². The molecular formula is C10H18N4OS. The second-order valence-electron chi connectivity index (χ2n) is 3.72. The lowest BCUT2D eigenvalue weighted by molar-refractivity contribution is 0.262. The molecule has 1 aromatic rings. The number of nitrogens with two attached hydrogens (primary N) is 1. The average molecular weight is 242 g/mol. The van der Waals surface area contributed by atoms with Crippen molar-refractivity contribution in [2.45, 2.75) is 32.9 Å². The Morgan fingerprint density at radius 1 is 1.75 bits per heavy atom. The maximum atomic E-state index is 8.68. The van der Waals surface area contributed by atoms with Crippen LogP contribution in [0.3, 0.4) is 0 Å². The summed E-state index contributed by atoms with van der Waals surface area (Å²) in [5.41, 5.74) is 6.65. The van der Waals surface area contributed by atoms with Gasteiger partial charge in [0.05, 0.1) is 16.7 Å². The van der Waals surface area contributed by atoms with Gasteiger partial charge in [-0.15, -0.1) is 11.3 Å². The van der Waals surface area contributed by atoms with E-state index in [2.05, 4.69) is 10.1 Å². The molecule has 0 aliphatic carbocycles. The van der Waals surface area contributed by atoms with E-state index in [9.17, 15) is 0 Å². The molecule has 1 heterocycles. The highest BCUT2D eigenvalue weighted by molar-refractivity contribution is 7.09. The van der Waals surface area contributed by atoms with Crippen LogP contribution in [0.4, 0.5) is 0 Å². The SMILES string of the molecule is CCC(C(N)=NO)N(C)Cc1csc(C)n1. The molecule has 0 spiro atoms. The number of aryl methyl sites for hydroxylation is 1. The highest BCUT2D eigenvalue weighted by Gasteiger charge is 2.18. The lowest BCUT2D eigenvalue weighted by Crippen LogP contribution is -2.41. The smallest absolute Gasteiger partial charge is 0.156 e. The van der Waals surface area contributed by atoms with Crippen molar-refractivity contribution in [3.05, 3.63) is 16.1 Å². The molecule has 16 heavy (non-hydrogen) atoms. The van der Waals surface area contributed by atoms with Gasteiger partial charge < -0.3 is 10.9 Å². The van der Waals surface area contributed by atoms with Gasteiger partial charge in [0.1, 0.15) is 0 Å². The lowest BCUT2D eigenvalue weighted by Gasteiger charge is -2.24. The highest BCUT2D eigenvalue weighted by atomic mass is 32.1. The molecule has 0 saturated carbocycles. The molecular weight excluding hydrogens is 224 g/mol. The number of hydrogen-bond donors (Lipinski definition) is 2. The van der Waals surface area contributed by atoms with Crippen LogP contribution in [0.25, 0.3) is 0 Å². The molecule has 0 aliphatic rings. The zero-order valence-electron chi connectivity index (χ0n) is 9.84. The van der Waals surface area contributed by atoms with Crippen molar-refractivity contribution >= 4 is 17.2 Å². The number of rotatable bonds is 5. The summed E-state index contributed by atoms with van der Waals surface area (Å²) in [4.78, 5) is 6.42. The minimum absolute atomic E-state index is 0.0491. The summed E-state index contributed by atoms with van der Waals surface area (Å²) in [7, 11) is 1.95. The Balaban J connectivity index is 2.66. The normalized spacial score (nSPS) is 14.4. The van der Waals surface area contributed by atoms with Gasteiger partial charge in [0.2, 0.25) is 0 Å². The maximum absolute atomic E-state index is 8.68. The third-order valence-electron chi connectivity index (χ3n) is 2.45. The topological polar surface area (TPSA) is 74.7 Å². The standard InChI is InChI=1S/C10H18N4OS/c1-4-9(10(11)13-15)14(3)5-8-6-16-7(2)12-8/h6,9,15H,4-5H2,1-3H3,(H2,11,13). The van der Waals surface area contributed by atoms with Crippen molar-refractivity contribution in [3.63, 3.8) is 0 Å². The van der Waals surface area contributed by atoms with Crippen LogP contribution in [-0.4, -0.2) is 34.0 Å². The van der Waals surface area contributed by atoms with Crippen LogP contribution < -0.4 is 5.73 Å². The molecule has 0 aliphatic heterocycles. The summed E-state index contributed by atoms with van der Waals surface area (Å²) in [6, 6.07) is -0.0491. The van der Waals surface area contributed by atoms with Crippen LogP contribution in [0.1, 0.15) is 24.0 Å². The van der Waals surface area contributed by atoms with Gasteiger partial charge in [-0.05, 0) is 20.4 Å². The van der Waals surface area contributed by atoms with Gasteiger partial charge in [-0.1, -0.05) is 12.1 Å². The van der Waals surface area contributed by atoms with E-state index in [1.807, 2.05) is 31.2 Å². The van der Waals surface area contributed by atoms with Gasteiger partial charge in [-0.25, -0.2) is 4.98 Å². The van der Waals surface area contributed by atoms with E-state index >= 15 is 0 Å². The molecule has 0 amide bonds. The van der Waals surface area contributed by atoms with E-state index in [4.69, 9.17) is 10.9 Å². The molecule has 0 bridgehead atoms. The first-order valence-corrected chi connectivity index (χ1v) is 6.05. The largest absolute Gasteiger partial charge is 0.409 e. The molecule has 0 saturated heterocycles. The van der Waals surface area contributed by atoms with Crippen molar-refractivity contribution in [1.29, 1.82) is 0 Å². The number of nitrogens with zero attached hydrogens (tertiary/aromatic N) is 3. The number of likely N-dealkylation sites (N-methyl/N-ethyl adjacent to an activating group) is 1. The first-order valence-electron chi connectivity index (χ1n) is 5.17. The fraction of sp³-hybridized carbons (Fsp3) is 0.600. The zero-order chi connectivity index (χ0) is 12.1. The van der Waals surface area contributed by atoms with Gasteiger partial charge in [0, 0.05) is 11.9 Å². The van der Waals surface area contributed by atoms with Gasteiger partial charge >= 0.3 is 0 Å². The van der Waals surface area contributed by atoms with E-state index in [0.29, 0.717) is 6.54 Å². The Kier molecular flexibility index (Phi) is 4.70. The fourth-order valence-electron chi connectivity index (χ4n) is 1.66. The number of oxime groups is 1. The summed E-state index contributed by atoms with van der Waals surface area (Å²) in [6.07, 6.45) is 0.801. The van der Waals surface area contributed by atoms with Crippen molar-refractivity contribution in [1.82, 2.24) is 9.88 Å². The Morgan fingerprint density at radius 3 is 2.88 bits per heavy atom. The van der Waals surface area contributed by atoms with Crippen molar-refractivity contribution in [2.24, 2.45) is 10.9 Å². The minimum atomic E-state index is -0.0491. The molecule has 0 fully saturated rings. The Bertz CT molecular complexity index is 363. The second kappa shape index (κ2) is 5.81. The quantitative estimate of drug-likeness (QED) is 0.354. The van der Waals surface area contributed by atoms with Crippen LogP contribution in [-0.2, 0) is 6.54 Å². The van der Waals surface area contributed by atoms with Gasteiger partial charge in [-0.3, -0.25) is 4.90 Å². The third-order valence-corrected chi connectivity index (χ3v) is 3.28. The van der Waals surface area contributed by atoms with Crippen molar-refractivity contribution < 1.29 is 5.21 Å². The number of amidine groups is 1. The maximum Gasteiger partial charge on any atom is 0.156 e. The van der Waals surface area contributed by atoms with E-state index in [0.717, 1.165) is 17.1 Å². The molecule has 0 aromatic carbocycles. The summed E-state index contributed by atoms with van der Waals surface area (Å²) in [6.45, 7) is 4.69. The van der Waals surface area contributed by atoms with E-state index < -0.39 is 0 Å². The molecule has 5 nitrogen and oxygen atoms in total. The zero-order valence-corrected chi connectivity index (χ0v) is 10.7. The van der Waals surface area contributed by atoms with Crippen molar-refractivity contribution in [2.75, 3.05) is 7.05 Å². The van der Waals surface area contributed by atoms with E-state index in [1.165, 1.54) is 0 Å². The summed E-state index contributed by atoms with van der Waals surface area (Å²) in [5, 5.41) is 14.8. The highest BCUT2D eigenvalue weighted by Crippen LogP contribution is 2.12. The van der Waals surface area contributed by atoms with Gasteiger partial charge in [-0.2, -0.15) is 0 Å². The predicted molar refractivity (Wildman–Crippen MR) is 65.8 cm³/mol. The molecule has 1 unspecified atom stereocenters. The average Bonchev–Trinajstić information content (AvgIpc) is 2.64. The molecule has 0 radical (unpaired) electrons. The number of aromatic nitrogens is 1. The molecule has 90 valence electrons. The minimum Gasteiger partial charge on any atom is -0.409 e. The second-order valence-corrected chi connectivity index (χ2v) is 4.78. The monoisotopic (exact) mass is 242 g/mol. The Morgan fingerprint density at radius 2 is 2.44 bits per heavy atom. The Labute approximate surface area is 99.6 Å². The molecule has 1 rings (SSSR count). The first-order chi connectivity index (χ1) is 7.58. The number of thiazole rings is 1. The number of hydrogen-bond acceptors (Lipinski definition) is 5. The predicted octanol–water partition coefficient (Wildman–Crippen LogP) is 1.41. The van der Waals surface area contributed by atoms with E-state index in [1.54, 1.807) is 11.3 Å². The first kappa shape index (κ1) is 12.9. The fourth-order valence-corrected chi connectivity index (χ4v) is 2.26. The van der Waals surface area contributed by atoms with Gasteiger partial charge in [0.25, 0.3) is 0 Å².